The topological polar surface area (TPSA) is 55.1 Å². The average Bonchev–Trinajstić information content (AvgIpc) is 2.74. The van der Waals surface area contributed by atoms with Gasteiger partial charge >= 0.3 is 0 Å². The second kappa shape index (κ2) is 8.33. The van der Waals surface area contributed by atoms with Gasteiger partial charge in [-0.25, -0.2) is 9.37 Å². The van der Waals surface area contributed by atoms with E-state index in [0.717, 1.165) is 5.56 Å². The monoisotopic (exact) mass is 400 g/mol. The summed E-state index contributed by atoms with van der Waals surface area (Å²) in [5.74, 6) is 0.0365. The van der Waals surface area contributed by atoms with Crippen molar-refractivity contribution in [2.75, 3.05) is 0 Å². The van der Waals surface area contributed by atoms with E-state index < -0.39 is 5.82 Å². The van der Waals surface area contributed by atoms with Crippen LogP contribution in [0.15, 0.2) is 83.7 Å². The van der Waals surface area contributed by atoms with Gasteiger partial charge in [0.25, 0.3) is 5.56 Å². The summed E-state index contributed by atoms with van der Waals surface area (Å²) in [7, 11) is 0. The predicted molar refractivity (Wildman–Crippen MR) is 116 cm³/mol. The lowest BCUT2D eigenvalue weighted by molar-refractivity contribution is 0.476. The summed E-state index contributed by atoms with van der Waals surface area (Å²) in [5, 5.41) is 10.4. The first-order valence-corrected chi connectivity index (χ1v) is 9.74. The Hall–Kier alpha value is -3.73. The highest BCUT2D eigenvalue weighted by Crippen LogP contribution is 2.29. The molecule has 1 N–H and O–H groups in total. The first-order chi connectivity index (χ1) is 14.5. The Morgan fingerprint density at radius 3 is 2.43 bits per heavy atom. The second-order valence-electron chi connectivity index (χ2n) is 7.12. The van der Waals surface area contributed by atoms with Crippen LogP contribution in [0.5, 0.6) is 5.75 Å². The van der Waals surface area contributed by atoms with Gasteiger partial charge in [0.05, 0.1) is 16.8 Å². The summed E-state index contributed by atoms with van der Waals surface area (Å²) in [4.78, 5) is 18.2. The van der Waals surface area contributed by atoms with Crippen molar-refractivity contribution in [3.63, 3.8) is 0 Å². The van der Waals surface area contributed by atoms with Gasteiger partial charge in [0.2, 0.25) is 0 Å². The van der Waals surface area contributed by atoms with Crippen LogP contribution in [0.3, 0.4) is 0 Å². The van der Waals surface area contributed by atoms with Gasteiger partial charge in [-0.1, -0.05) is 54.6 Å². The summed E-state index contributed by atoms with van der Waals surface area (Å²) in [5.41, 5.74) is 2.64. The van der Waals surface area contributed by atoms with Crippen LogP contribution >= 0.6 is 0 Å². The molecule has 4 nitrogen and oxygen atoms in total. The summed E-state index contributed by atoms with van der Waals surface area (Å²) in [6, 6.07) is 22.6. The molecule has 0 fully saturated rings. The van der Waals surface area contributed by atoms with E-state index in [1.165, 1.54) is 12.1 Å². The van der Waals surface area contributed by atoms with E-state index >= 15 is 0 Å². The van der Waals surface area contributed by atoms with Crippen LogP contribution in [0, 0.1) is 12.7 Å². The van der Waals surface area contributed by atoms with Crippen molar-refractivity contribution in [3.8, 4) is 28.3 Å². The van der Waals surface area contributed by atoms with Gasteiger partial charge in [0.15, 0.2) is 0 Å². The second-order valence-corrected chi connectivity index (χ2v) is 7.12. The lowest BCUT2D eigenvalue weighted by Gasteiger charge is -2.17. The Labute approximate surface area is 173 Å². The molecule has 3 aromatic carbocycles. The molecule has 5 heteroatoms. The van der Waals surface area contributed by atoms with Crippen molar-refractivity contribution in [2.45, 2.75) is 19.9 Å². The van der Waals surface area contributed by atoms with E-state index in [1.54, 1.807) is 47.9 Å². The fourth-order valence-corrected chi connectivity index (χ4v) is 3.60. The molecule has 30 heavy (non-hydrogen) atoms. The zero-order chi connectivity index (χ0) is 21.1. The maximum absolute atomic E-state index is 13.8. The molecule has 0 saturated heterocycles. The zero-order valence-corrected chi connectivity index (χ0v) is 16.5. The SMILES string of the molecule is Cc1nc(-c2ccccc2O)n(CCc2ccccc2)c(=O)c1-c1cccc(F)c1. The Morgan fingerprint density at radius 2 is 1.70 bits per heavy atom. The molecule has 1 heterocycles. The van der Waals surface area contributed by atoms with E-state index in [2.05, 4.69) is 4.98 Å². The van der Waals surface area contributed by atoms with Gasteiger partial charge in [0.1, 0.15) is 17.4 Å². The molecule has 0 aliphatic rings. The highest BCUT2D eigenvalue weighted by Gasteiger charge is 2.19. The van der Waals surface area contributed by atoms with Crippen molar-refractivity contribution < 1.29 is 9.50 Å². The van der Waals surface area contributed by atoms with Crippen LogP contribution in [0.4, 0.5) is 4.39 Å². The van der Waals surface area contributed by atoms with Crippen molar-refractivity contribution >= 4 is 0 Å². The van der Waals surface area contributed by atoms with Gasteiger partial charge in [-0.05, 0) is 48.7 Å². The van der Waals surface area contributed by atoms with Gasteiger partial charge in [-0.15, -0.1) is 0 Å². The van der Waals surface area contributed by atoms with E-state index in [9.17, 15) is 14.3 Å². The summed E-state index contributed by atoms with van der Waals surface area (Å²) in [6.07, 6.45) is 0.620. The molecule has 150 valence electrons. The summed E-state index contributed by atoms with van der Waals surface area (Å²) in [6.45, 7) is 2.11. The molecule has 1 aromatic heterocycles. The lowest BCUT2D eigenvalue weighted by Crippen LogP contribution is -2.27. The van der Waals surface area contributed by atoms with E-state index in [1.807, 2.05) is 30.3 Å². The van der Waals surface area contributed by atoms with Gasteiger partial charge in [-0.2, -0.15) is 0 Å². The van der Waals surface area contributed by atoms with Crippen molar-refractivity contribution in [3.05, 3.63) is 106 Å². The number of hydrogen-bond acceptors (Lipinski definition) is 3. The maximum atomic E-state index is 13.8. The number of aromatic hydroxyl groups is 1. The standard InChI is InChI=1S/C25H21FN2O2/c1-17-23(19-10-7-11-20(26)16-19)25(30)28(15-14-18-8-3-2-4-9-18)24(27-17)21-12-5-6-13-22(21)29/h2-13,16,29H,14-15H2,1H3. The number of phenolic OH excluding ortho intramolecular Hbond substituents is 1. The Balaban J connectivity index is 1.90. The normalized spacial score (nSPS) is 10.9. The molecule has 4 rings (SSSR count). The zero-order valence-electron chi connectivity index (χ0n) is 16.5. The molecule has 0 radical (unpaired) electrons. The number of aryl methyl sites for hydroxylation is 2. The molecular weight excluding hydrogens is 379 g/mol. The molecular formula is C25H21FN2O2. The predicted octanol–water partition coefficient (Wildman–Crippen LogP) is 4.97. The minimum atomic E-state index is -0.410. The first kappa shape index (κ1) is 19.6. The van der Waals surface area contributed by atoms with Crippen molar-refractivity contribution in [2.24, 2.45) is 0 Å². The maximum Gasteiger partial charge on any atom is 0.261 e. The number of para-hydroxylation sites is 1. The molecule has 0 bridgehead atoms. The highest BCUT2D eigenvalue weighted by molar-refractivity contribution is 5.69. The number of benzene rings is 3. The fraction of sp³-hybridized carbons (Fsp3) is 0.120. The quantitative estimate of drug-likeness (QED) is 0.514. The molecule has 0 atom stereocenters. The minimum absolute atomic E-state index is 0.0516. The highest BCUT2D eigenvalue weighted by atomic mass is 19.1. The van der Waals surface area contributed by atoms with Crippen LogP contribution in [-0.2, 0) is 13.0 Å². The molecule has 0 spiro atoms. The molecule has 0 amide bonds. The smallest absolute Gasteiger partial charge is 0.261 e. The molecule has 4 aromatic rings. The number of hydrogen-bond donors (Lipinski definition) is 1. The molecule has 0 aliphatic carbocycles. The van der Waals surface area contributed by atoms with Gasteiger partial charge in [0, 0.05) is 6.54 Å². The van der Waals surface area contributed by atoms with E-state index in [0.29, 0.717) is 41.2 Å². The summed E-state index contributed by atoms with van der Waals surface area (Å²) < 4.78 is 15.4. The summed E-state index contributed by atoms with van der Waals surface area (Å²) >= 11 is 0. The third-order valence-electron chi connectivity index (χ3n) is 5.08. The third kappa shape index (κ3) is 3.87. The molecule has 0 saturated carbocycles. The number of phenols is 1. The largest absolute Gasteiger partial charge is 0.507 e. The molecule has 0 unspecified atom stereocenters. The lowest BCUT2D eigenvalue weighted by atomic mass is 10.0. The van der Waals surface area contributed by atoms with E-state index in [4.69, 9.17) is 0 Å². The van der Waals surface area contributed by atoms with Crippen LogP contribution in [0.25, 0.3) is 22.5 Å². The number of halogens is 1. The van der Waals surface area contributed by atoms with Crippen LogP contribution in [-0.4, -0.2) is 14.7 Å². The van der Waals surface area contributed by atoms with Crippen molar-refractivity contribution in [1.82, 2.24) is 9.55 Å². The van der Waals surface area contributed by atoms with Gasteiger partial charge < -0.3 is 5.11 Å². The average molecular weight is 400 g/mol. The van der Waals surface area contributed by atoms with Gasteiger partial charge in [-0.3, -0.25) is 9.36 Å². The Bertz CT molecular complexity index is 1250. The first-order valence-electron chi connectivity index (χ1n) is 9.74. The fourth-order valence-electron chi connectivity index (χ4n) is 3.60. The van der Waals surface area contributed by atoms with Crippen LogP contribution in [0.2, 0.25) is 0 Å². The molecule has 0 aliphatic heterocycles. The van der Waals surface area contributed by atoms with Crippen molar-refractivity contribution in [1.29, 1.82) is 0 Å². The Kier molecular flexibility index (Phi) is 5.44. The third-order valence-corrected chi connectivity index (χ3v) is 5.08. The van der Waals surface area contributed by atoms with Crippen LogP contribution in [0.1, 0.15) is 11.3 Å². The van der Waals surface area contributed by atoms with E-state index in [-0.39, 0.29) is 11.3 Å². The minimum Gasteiger partial charge on any atom is -0.507 e. The number of aromatic nitrogens is 2. The van der Waals surface area contributed by atoms with Crippen LogP contribution < -0.4 is 5.56 Å². The Morgan fingerprint density at radius 1 is 0.967 bits per heavy atom. The number of nitrogens with zero attached hydrogens (tertiary/aromatic N) is 2. The number of rotatable bonds is 5.